The molecule has 0 aromatic heterocycles. The van der Waals surface area contributed by atoms with Gasteiger partial charge < -0.3 is 5.32 Å². The molecule has 146 valence electrons. The van der Waals surface area contributed by atoms with Crippen LogP contribution in [-0.2, 0) is 14.8 Å². The van der Waals surface area contributed by atoms with Crippen LogP contribution in [0.25, 0.3) is 0 Å². The summed E-state index contributed by atoms with van der Waals surface area (Å²) in [6, 6.07) is 6.94. The van der Waals surface area contributed by atoms with E-state index in [4.69, 9.17) is 0 Å². The molecule has 0 unspecified atom stereocenters. The maximum Gasteiger partial charge on any atom is 0.241 e. The van der Waals surface area contributed by atoms with Gasteiger partial charge in [0.2, 0.25) is 15.9 Å². The van der Waals surface area contributed by atoms with Gasteiger partial charge in [-0.3, -0.25) is 4.79 Å². The first-order valence-electron chi connectivity index (χ1n) is 10.1. The topological polar surface area (TPSA) is 75.3 Å². The molecule has 4 aliphatic rings. The fourth-order valence-corrected chi connectivity index (χ4v) is 7.20. The van der Waals surface area contributed by atoms with Crippen molar-refractivity contribution in [3.05, 3.63) is 24.3 Å². The van der Waals surface area contributed by atoms with E-state index in [2.05, 4.69) is 10.0 Å². The van der Waals surface area contributed by atoms with Gasteiger partial charge in [0.15, 0.2) is 0 Å². The quantitative estimate of drug-likeness (QED) is 0.738. The van der Waals surface area contributed by atoms with E-state index < -0.39 is 15.6 Å². The van der Waals surface area contributed by atoms with Gasteiger partial charge in [0.25, 0.3) is 0 Å². The number of carbonyl (C=O) groups is 1. The number of amides is 1. The summed E-state index contributed by atoms with van der Waals surface area (Å²) in [4.78, 5) is 13.2. The zero-order chi connectivity index (χ0) is 19.4. The summed E-state index contributed by atoms with van der Waals surface area (Å²) in [7, 11) is -1.91. The zero-order valence-corrected chi connectivity index (χ0v) is 17.2. The molecule has 27 heavy (non-hydrogen) atoms. The highest BCUT2D eigenvalue weighted by atomic mass is 32.2. The molecular formula is C20H29BN2O3S. The highest BCUT2D eigenvalue weighted by molar-refractivity contribution is 7.89. The summed E-state index contributed by atoms with van der Waals surface area (Å²) in [6.45, 7) is 3.29. The van der Waals surface area contributed by atoms with Crippen LogP contribution < -0.4 is 15.5 Å². The van der Waals surface area contributed by atoms with E-state index in [1.807, 2.05) is 13.9 Å². The van der Waals surface area contributed by atoms with E-state index >= 15 is 0 Å². The molecule has 5 nitrogen and oxygen atoms in total. The lowest BCUT2D eigenvalue weighted by molar-refractivity contribution is -0.129. The predicted octanol–water partition coefficient (Wildman–Crippen LogP) is 0.943. The Hall–Kier alpha value is -1.34. The number of hydrogen-bond acceptors (Lipinski definition) is 3. The van der Waals surface area contributed by atoms with Crippen molar-refractivity contribution < 1.29 is 13.2 Å². The Kier molecular flexibility index (Phi) is 4.66. The summed E-state index contributed by atoms with van der Waals surface area (Å²) < 4.78 is 28.1. The zero-order valence-electron chi connectivity index (χ0n) is 16.4. The normalized spacial score (nSPS) is 32.4. The molecule has 5 rings (SSSR count). The monoisotopic (exact) mass is 388 g/mol. The van der Waals surface area contributed by atoms with Crippen LogP contribution >= 0.6 is 0 Å². The van der Waals surface area contributed by atoms with Crippen LogP contribution in [0.3, 0.4) is 0 Å². The molecule has 0 aliphatic heterocycles. The van der Waals surface area contributed by atoms with Gasteiger partial charge in [-0.1, -0.05) is 17.6 Å². The molecule has 4 saturated carbocycles. The highest BCUT2D eigenvalue weighted by Crippen LogP contribution is 2.53. The average Bonchev–Trinajstić information content (AvgIpc) is 2.56. The Labute approximate surface area is 163 Å². The molecule has 0 saturated heterocycles. The van der Waals surface area contributed by atoms with Crippen LogP contribution in [0.5, 0.6) is 0 Å². The molecule has 4 bridgehead atoms. The average molecular weight is 388 g/mol. The van der Waals surface area contributed by atoms with Crippen molar-refractivity contribution in [3.8, 4) is 0 Å². The molecule has 2 N–H and O–H groups in total. The molecule has 0 radical (unpaired) electrons. The van der Waals surface area contributed by atoms with Crippen molar-refractivity contribution in [1.82, 2.24) is 10.0 Å². The summed E-state index contributed by atoms with van der Waals surface area (Å²) in [5, 5.41) is 3.22. The van der Waals surface area contributed by atoms with Crippen molar-refractivity contribution in [2.24, 2.45) is 23.7 Å². The molecule has 1 aromatic carbocycles. The molecule has 1 amide bonds. The predicted molar refractivity (Wildman–Crippen MR) is 108 cm³/mol. The molecule has 4 fully saturated rings. The number of hydrogen-bond donors (Lipinski definition) is 2. The third-order valence-electron chi connectivity index (χ3n) is 6.78. The van der Waals surface area contributed by atoms with E-state index in [1.165, 1.54) is 32.1 Å². The van der Waals surface area contributed by atoms with Gasteiger partial charge in [0.1, 0.15) is 13.4 Å². The minimum Gasteiger partial charge on any atom is -0.351 e. The van der Waals surface area contributed by atoms with Crippen molar-refractivity contribution in [2.75, 3.05) is 0 Å². The summed E-state index contributed by atoms with van der Waals surface area (Å²) in [5.41, 5.74) is -0.328. The van der Waals surface area contributed by atoms with Crippen LogP contribution in [0.4, 0.5) is 0 Å². The van der Waals surface area contributed by atoms with Crippen molar-refractivity contribution in [2.45, 2.75) is 62.4 Å². The summed E-state index contributed by atoms with van der Waals surface area (Å²) >= 11 is 0. The summed E-state index contributed by atoms with van der Waals surface area (Å²) in [6.07, 6.45) is 6.23. The van der Waals surface area contributed by atoms with E-state index in [9.17, 15) is 13.2 Å². The van der Waals surface area contributed by atoms with Gasteiger partial charge in [-0.15, -0.1) is 0 Å². The molecule has 4 aliphatic carbocycles. The third kappa shape index (κ3) is 3.68. The van der Waals surface area contributed by atoms with Crippen LogP contribution in [0.1, 0.15) is 46.0 Å². The maximum absolute atomic E-state index is 13.0. The van der Waals surface area contributed by atoms with Crippen LogP contribution in [-0.4, -0.2) is 33.8 Å². The fraction of sp³-hybridized carbons (Fsp3) is 0.650. The number of rotatable bonds is 5. The third-order valence-corrected chi connectivity index (χ3v) is 8.44. The Morgan fingerprint density at radius 1 is 1.07 bits per heavy atom. The first-order chi connectivity index (χ1) is 12.6. The van der Waals surface area contributed by atoms with Crippen molar-refractivity contribution in [3.63, 3.8) is 0 Å². The Morgan fingerprint density at radius 3 is 2.22 bits per heavy atom. The minimum atomic E-state index is -3.76. The van der Waals surface area contributed by atoms with Crippen LogP contribution in [0.15, 0.2) is 29.2 Å². The number of benzene rings is 1. The molecule has 0 atom stereocenters. The van der Waals surface area contributed by atoms with E-state index in [1.54, 1.807) is 32.0 Å². The van der Waals surface area contributed by atoms with Gasteiger partial charge in [-0.05, 0) is 81.8 Å². The standard InChI is InChI=1S/C20H29BN2O3S/c1-20(2,23-27(25,26)17-5-3-4-16(21)11-17)19(24)22-18-14-7-12-6-13(9-14)10-15(18)8-12/h3-5,11-15,18,23H,6-10,21H2,1-2H3,(H,22,24). The largest absolute Gasteiger partial charge is 0.351 e. The SMILES string of the molecule is Bc1cccc(S(=O)(=O)NC(C)(C)C(=O)NC2C3CC4CC(C3)CC2C4)c1. The van der Waals surface area contributed by atoms with Crippen molar-refractivity contribution in [1.29, 1.82) is 0 Å². The lowest BCUT2D eigenvalue weighted by atomic mass is 9.54. The Morgan fingerprint density at radius 2 is 1.67 bits per heavy atom. The lowest BCUT2D eigenvalue weighted by Crippen LogP contribution is -2.62. The maximum atomic E-state index is 13.0. The second-order valence-corrected chi connectivity index (χ2v) is 11.2. The molecule has 7 heteroatoms. The second kappa shape index (κ2) is 6.62. The first-order valence-corrected chi connectivity index (χ1v) is 11.5. The van der Waals surface area contributed by atoms with E-state index in [-0.39, 0.29) is 16.8 Å². The smallest absolute Gasteiger partial charge is 0.241 e. The fourth-order valence-electron chi connectivity index (χ4n) is 5.72. The first kappa shape index (κ1) is 19.0. The van der Waals surface area contributed by atoms with Crippen molar-refractivity contribution >= 4 is 29.2 Å². The molecular weight excluding hydrogens is 359 g/mol. The number of sulfonamides is 1. The van der Waals surface area contributed by atoms with E-state index in [0.29, 0.717) is 11.8 Å². The van der Waals surface area contributed by atoms with Gasteiger partial charge in [0.05, 0.1) is 4.90 Å². The van der Waals surface area contributed by atoms with Crippen LogP contribution in [0, 0.1) is 23.7 Å². The Bertz CT molecular complexity index is 825. The molecule has 0 spiro atoms. The highest BCUT2D eigenvalue weighted by Gasteiger charge is 2.49. The lowest BCUT2D eigenvalue weighted by Gasteiger charge is -2.54. The molecule has 1 aromatic rings. The van der Waals surface area contributed by atoms with Crippen LogP contribution in [0.2, 0.25) is 0 Å². The van der Waals surface area contributed by atoms with Gasteiger partial charge in [-0.2, -0.15) is 4.72 Å². The van der Waals surface area contributed by atoms with Gasteiger partial charge >= 0.3 is 0 Å². The van der Waals surface area contributed by atoms with E-state index in [0.717, 1.165) is 17.3 Å². The number of carbonyl (C=O) groups excluding carboxylic acids is 1. The van der Waals surface area contributed by atoms with Gasteiger partial charge in [0, 0.05) is 6.04 Å². The Balaban J connectivity index is 1.46. The van der Waals surface area contributed by atoms with Gasteiger partial charge in [-0.25, -0.2) is 8.42 Å². The minimum absolute atomic E-state index is 0.193. The molecule has 0 heterocycles. The number of nitrogens with one attached hydrogen (secondary N) is 2. The second-order valence-electron chi connectivity index (χ2n) is 9.48. The summed E-state index contributed by atoms with van der Waals surface area (Å²) in [5.74, 6) is 2.59.